The molecule has 1 aromatic heterocycles. The van der Waals surface area contributed by atoms with Crippen molar-refractivity contribution in [1.82, 2.24) is 4.98 Å². The van der Waals surface area contributed by atoms with Crippen LogP contribution < -0.4 is 11.1 Å². The van der Waals surface area contributed by atoms with Crippen molar-refractivity contribution in [2.24, 2.45) is 0 Å². The molecule has 5 nitrogen and oxygen atoms in total. The van der Waals surface area contributed by atoms with Crippen LogP contribution in [0.5, 0.6) is 5.75 Å². The monoisotopic (exact) mass is 229 g/mol. The number of amides is 1. The summed E-state index contributed by atoms with van der Waals surface area (Å²) in [6, 6.07) is 8.03. The minimum atomic E-state index is -0.428. The smallest absolute Gasteiger partial charge is 0.259 e. The maximum Gasteiger partial charge on any atom is 0.259 e. The summed E-state index contributed by atoms with van der Waals surface area (Å²) in [4.78, 5) is 15.7. The number of phenols is 1. The molecule has 5 heteroatoms. The van der Waals surface area contributed by atoms with Crippen molar-refractivity contribution in [3.8, 4) is 5.75 Å². The molecule has 0 saturated carbocycles. The van der Waals surface area contributed by atoms with Crippen molar-refractivity contribution in [1.29, 1.82) is 0 Å². The van der Waals surface area contributed by atoms with Crippen LogP contribution in [0.15, 0.2) is 42.7 Å². The maximum atomic E-state index is 11.8. The zero-order valence-electron chi connectivity index (χ0n) is 8.92. The number of nitrogens with one attached hydrogen (secondary N) is 1. The van der Waals surface area contributed by atoms with Gasteiger partial charge in [0.1, 0.15) is 0 Å². The van der Waals surface area contributed by atoms with Crippen LogP contribution in [-0.4, -0.2) is 16.0 Å². The first-order chi connectivity index (χ1) is 8.18. The number of carbonyl (C=O) groups excluding carboxylic acids is 1. The number of pyridine rings is 1. The third kappa shape index (κ3) is 2.34. The van der Waals surface area contributed by atoms with Crippen LogP contribution in [0.2, 0.25) is 0 Å². The molecule has 0 aliphatic heterocycles. The van der Waals surface area contributed by atoms with Gasteiger partial charge >= 0.3 is 0 Å². The van der Waals surface area contributed by atoms with Crippen molar-refractivity contribution in [2.45, 2.75) is 0 Å². The number of hydrogen-bond donors (Lipinski definition) is 3. The number of carbonyl (C=O) groups is 1. The van der Waals surface area contributed by atoms with Crippen LogP contribution in [0.3, 0.4) is 0 Å². The lowest BCUT2D eigenvalue weighted by Crippen LogP contribution is -2.12. The Morgan fingerprint density at radius 3 is 2.82 bits per heavy atom. The van der Waals surface area contributed by atoms with Crippen LogP contribution >= 0.6 is 0 Å². The van der Waals surface area contributed by atoms with Crippen molar-refractivity contribution in [2.75, 3.05) is 11.1 Å². The summed E-state index contributed by atoms with van der Waals surface area (Å²) in [7, 11) is 0. The third-order valence-corrected chi connectivity index (χ3v) is 2.23. The van der Waals surface area contributed by atoms with Crippen molar-refractivity contribution < 1.29 is 9.90 Å². The fourth-order valence-electron chi connectivity index (χ4n) is 1.38. The number of aromatic hydroxyl groups is 1. The van der Waals surface area contributed by atoms with E-state index in [1.165, 1.54) is 18.3 Å². The van der Waals surface area contributed by atoms with Crippen LogP contribution in [0, 0.1) is 0 Å². The Balaban J connectivity index is 2.24. The van der Waals surface area contributed by atoms with E-state index in [-0.39, 0.29) is 17.0 Å². The molecule has 0 spiro atoms. The molecule has 4 N–H and O–H groups in total. The molecule has 2 aromatic rings. The van der Waals surface area contributed by atoms with Crippen molar-refractivity contribution >= 4 is 17.3 Å². The highest BCUT2D eigenvalue weighted by atomic mass is 16.3. The normalized spacial score (nSPS) is 9.88. The molecule has 0 radical (unpaired) electrons. The number of phenolic OH excluding ortho intramolecular Hbond substituents is 1. The lowest BCUT2D eigenvalue weighted by atomic mass is 10.1. The Morgan fingerprint density at radius 2 is 2.12 bits per heavy atom. The predicted molar refractivity (Wildman–Crippen MR) is 64.7 cm³/mol. The van der Waals surface area contributed by atoms with Gasteiger partial charge in [-0.1, -0.05) is 6.07 Å². The van der Waals surface area contributed by atoms with E-state index in [1.807, 2.05) is 0 Å². The molecule has 0 bridgehead atoms. The predicted octanol–water partition coefficient (Wildman–Crippen LogP) is 1.62. The first-order valence-corrected chi connectivity index (χ1v) is 4.97. The van der Waals surface area contributed by atoms with Crippen LogP contribution in [0.1, 0.15) is 10.4 Å². The van der Waals surface area contributed by atoms with Gasteiger partial charge in [0.2, 0.25) is 0 Å². The summed E-state index contributed by atoms with van der Waals surface area (Å²) >= 11 is 0. The summed E-state index contributed by atoms with van der Waals surface area (Å²) < 4.78 is 0. The van der Waals surface area contributed by atoms with E-state index in [9.17, 15) is 9.90 Å². The maximum absolute atomic E-state index is 11.8. The van der Waals surface area contributed by atoms with Crippen molar-refractivity contribution in [3.63, 3.8) is 0 Å². The SMILES string of the molecule is Nc1cccc(C(=O)Nc2cccnc2)c1O. The quantitative estimate of drug-likeness (QED) is 0.539. The Bertz CT molecular complexity index is 541. The number of nitrogens with zero attached hydrogens (tertiary/aromatic N) is 1. The fraction of sp³-hybridized carbons (Fsp3) is 0. The van der Waals surface area contributed by atoms with Gasteiger partial charge in [-0.15, -0.1) is 0 Å². The second-order valence-electron chi connectivity index (χ2n) is 3.44. The molecule has 0 saturated heterocycles. The number of benzene rings is 1. The molecule has 17 heavy (non-hydrogen) atoms. The molecule has 86 valence electrons. The lowest BCUT2D eigenvalue weighted by Gasteiger charge is -2.07. The van der Waals surface area contributed by atoms with Gasteiger partial charge in [0.15, 0.2) is 5.75 Å². The van der Waals surface area contributed by atoms with E-state index < -0.39 is 5.91 Å². The van der Waals surface area contributed by atoms with Crippen LogP contribution in [0.4, 0.5) is 11.4 Å². The topological polar surface area (TPSA) is 88.2 Å². The van der Waals surface area contributed by atoms with E-state index >= 15 is 0 Å². The van der Waals surface area contributed by atoms with E-state index in [0.717, 1.165) is 0 Å². The molecule has 0 aliphatic carbocycles. The number of nitrogen functional groups attached to an aromatic ring is 1. The summed E-state index contributed by atoms with van der Waals surface area (Å²) in [6.45, 7) is 0. The first kappa shape index (κ1) is 10.9. The molecule has 2 rings (SSSR count). The second-order valence-corrected chi connectivity index (χ2v) is 3.44. The third-order valence-electron chi connectivity index (χ3n) is 2.23. The standard InChI is InChI=1S/C12H11N3O2/c13-10-5-1-4-9(11(10)16)12(17)15-8-3-2-6-14-7-8/h1-7,16H,13H2,(H,15,17). The van der Waals surface area contributed by atoms with Gasteiger partial charge in [0, 0.05) is 6.20 Å². The zero-order chi connectivity index (χ0) is 12.3. The van der Waals surface area contributed by atoms with E-state index in [4.69, 9.17) is 5.73 Å². The minimum Gasteiger partial charge on any atom is -0.505 e. The number of hydrogen-bond acceptors (Lipinski definition) is 4. The van der Waals surface area contributed by atoms with Gasteiger partial charge in [0.25, 0.3) is 5.91 Å². The average Bonchev–Trinajstić information content (AvgIpc) is 2.34. The number of aromatic nitrogens is 1. The Morgan fingerprint density at radius 1 is 1.29 bits per heavy atom. The lowest BCUT2D eigenvalue weighted by molar-refractivity contribution is 0.102. The zero-order valence-corrected chi connectivity index (χ0v) is 8.92. The highest BCUT2D eigenvalue weighted by molar-refractivity contribution is 6.07. The average molecular weight is 229 g/mol. The van der Waals surface area contributed by atoms with E-state index in [1.54, 1.807) is 24.4 Å². The van der Waals surface area contributed by atoms with Gasteiger partial charge in [-0.2, -0.15) is 0 Å². The molecule has 0 unspecified atom stereocenters. The molecule has 1 aromatic carbocycles. The number of nitrogens with two attached hydrogens (primary N) is 1. The number of anilines is 2. The minimum absolute atomic E-state index is 0.133. The Hall–Kier alpha value is -2.56. The molecule has 0 fully saturated rings. The Kier molecular flexibility index (Phi) is 2.91. The molecule has 1 amide bonds. The molecule has 0 atom stereocenters. The molecule has 1 heterocycles. The summed E-state index contributed by atoms with van der Waals surface area (Å²) in [5.74, 6) is -0.642. The highest BCUT2D eigenvalue weighted by Gasteiger charge is 2.12. The summed E-state index contributed by atoms with van der Waals surface area (Å²) in [6.07, 6.45) is 3.12. The summed E-state index contributed by atoms with van der Waals surface area (Å²) in [5.41, 5.74) is 6.37. The Labute approximate surface area is 97.9 Å². The summed E-state index contributed by atoms with van der Waals surface area (Å²) in [5, 5.41) is 12.3. The highest BCUT2D eigenvalue weighted by Crippen LogP contribution is 2.24. The number of para-hydroxylation sites is 1. The largest absolute Gasteiger partial charge is 0.505 e. The first-order valence-electron chi connectivity index (χ1n) is 4.97. The van der Waals surface area contributed by atoms with Gasteiger partial charge < -0.3 is 16.2 Å². The van der Waals surface area contributed by atoms with Gasteiger partial charge in [-0.3, -0.25) is 9.78 Å². The van der Waals surface area contributed by atoms with Gasteiger partial charge in [0.05, 0.1) is 23.1 Å². The van der Waals surface area contributed by atoms with Crippen LogP contribution in [-0.2, 0) is 0 Å². The van der Waals surface area contributed by atoms with Gasteiger partial charge in [-0.05, 0) is 24.3 Å². The molecular weight excluding hydrogens is 218 g/mol. The van der Waals surface area contributed by atoms with Gasteiger partial charge in [-0.25, -0.2) is 0 Å². The van der Waals surface area contributed by atoms with Crippen molar-refractivity contribution in [3.05, 3.63) is 48.3 Å². The van der Waals surface area contributed by atoms with E-state index in [0.29, 0.717) is 5.69 Å². The number of rotatable bonds is 2. The molecular formula is C12H11N3O2. The fourth-order valence-corrected chi connectivity index (χ4v) is 1.38. The molecule has 0 aliphatic rings. The second kappa shape index (κ2) is 4.52. The van der Waals surface area contributed by atoms with Crippen LogP contribution in [0.25, 0.3) is 0 Å². The van der Waals surface area contributed by atoms with E-state index in [2.05, 4.69) is 10.3 Å².